The Balaban J connectivity index is 2.29. The fraction of sp³-hybridized carbons (Fsp3) is 0.211. The molecule has 0 aliphatic carbocycles. The van der Waals surface area contributed by atoms with Crippen LogP contribution in [0.25, 0.3) is 22.0 Å². The van der Waals surface area contributed by atoms with Gasteiger partial charge < -0.3 is 4.98 Å². The molecule has 3 rings (SSSR count). The zero-order chi connectivity index (χ0) is 15.0. The first-order chi connectivity index (χ1) is 10.1. The molecule has 0 saturated carbocycles. The number of aromatic nitrogens is 1. The quantitative estimate of drug-likeness (QED) is 0.728. The van der Waals surface area contributed by atoms with Crippen LogP contribution in [0, 0.1) is 6.92 Å². The highest BCUT2D eigenvalue weighted by molar-refractivity contribution is 5.85. The Morgan fingerprint density at radius 2 is 1.67 bits per heavy atom. The Bertz CT molecular complexity index is 845. The summed E-state index contributed by atoms with van der Waals surface area (Å²) in [6, 6.07) is 16.2. The Hall–Kier alpha value is -2.35. The van der Waals surface area contributed by atoms with Crippen molar-refractivity contribution in [1.82, 2.24) is 4.98 Å². The number of nitrogens with one attached hydrogen (secondary N) is 1. The van der Waals surface area contributed by atoms with Crippen LogP contribution in [0.2, 0.25) is 0 Å². The third kappa shape index (κ3) is 2.38. The number of hydrogen-bond acceptors (Lipinski definition) is 1. The van der Waals surface area contributed by atoms with Gasteiger partial charge in [0.15, 0.2) is 5.43 Å². The number of benzene rings is 2. The maximum absolute atomic E-state index is 12.8. The largest absolute Gasteiger partial charge is 0.358 e. The molecule has 2 nitrogen and oxygen atoms in total. The number of aromatic amines is 1. The number of H-pyrrole nitrogens is 1. The van der Waals surface area contributed by atoms with E-state index in [2.05, 4.69) is 37.0 Å². The van der Waals surface area contributed by atoms with Crippen LogP contribution < -0.4 is 5.43 Å². The molecule has 1 N–H and O–H groups in total. The smallest absolute Gasteiger partial charge is 0.193 e. The van der Waals surface area contributed by atoms with Gasteiger partial charge in [0.25, 0.3) is 0 Å². The van der Waals surface area contributed by atoms with Crippen LogP contribution in [0.15, 0.2) is 53.3 Å². The van der Waals surface area contributed by atoms with Crippen molar-refractivity contribution in [3.63, 3.8) is 0 Å². The van der Waals surface area contributed by atoms with Crippen molar-refractivity contribution >= 4 is 10.9 Å². The van der Waals surface area contributed by atoms with E-state index < -0.39 is 0 Å². The van der Waals surface area contributed by atoms with Crippen molar-refractivity contribution in [3.8, 4) is 11.1 Å². The van der Waals surface area contributed by atoms with Gasteiger partial charge in [-0.2, -0.15) is 0 Å². The molecule has 1 heterocycles. The minimum absolute atomic E-state index is 0.147. The number of hydrogen-bond donors (Lipinski definition) is 1. The second-order valence-corrected chi connectivity index (χ2v) is 5.77. The predicted octanol–water partition coefficient (Wildman–Crippen LogP) is 4.63. The summed E-state index contributed by atoms with van der Waals surface area (Å²) in [5, 5.41) is 0.769. The summed E-state index contributed by atoms with van der Waals surface area (Å²) < 4.78 is 0. The second kappa shape index (κ2) is 5.21. The fourth-order valence-corrected chi connectivity index (χ4v) is 2.93. The molecule has 2 heteroatoms. The molecule has 106 valence electrons. The lowest BCUT2D eigenvalue weighted by Crippen LogP contribution is -2.14. The highest BCUT2D eigenvalue weighted by atomic mass is 16.1. The summed E-state index contributed by atoms with van der Waals surface area (Å²) in [6.07, 6.45) is 0. The monoisotopic (exact) mass is 277 g/mol. The van der Waals surface area contributed by atoms with Crippen LogP contribution in [-0.2, 0) is 0 Å². The minimum Gasteiger partial charge on any atom is -0.358 e. The lowest BCUT2D eigenvalue weighted by Gasteiger charge is -2.11. The number of aryl methyl sites for hydroxylation is 1. The van der Waals surface area contributed by atoms with Crippen LogP contribution in [0.1, 0.15) is 31.0 Å². The molecule has 0 amide bonds. The van der Waals surface area contributed by atoms with Gasteiger partial charge in [-0.25, -0.2) is 0 Å². The average Bonchev–Trinajstić information content (AvgIpc) is 2.47. The van der Waals surface area contributed by atoms with E-state index in [1.165, 1.54) is 0 Å². The second-order valence-electron chi connectivity index (χ2n) is 5.77. The van der Waals surface area contributed by atoms with E-state index in [4.69, 9.17) is 0 Å². The zero-order valence-corrected chi connectivity index (χ0v) is 12.6. The van der Waals surface area contributed by atoms with Crippen molar-refractivity contribution in [3.05, 3.63) is 70.0 Å². The van der Waals surface area contributed by atoms with Gasteiger partial charge in [-0.05, 0) is 36.1 Å². The Morgan fingerprint density at radius 1 is 0.952 bits per heavy atom. The van der Waals surface area contributed by atoms with E-state index in [1.807, 2.05) is 37.3 Å². The molecular formula is C19H19NO. The number of fused-ring (bicyclic) bond motifs is 1. The number of pyridine rings is 1. The van der Waals surface area contributed by atoms with Crippen LogP contribution in [-0.4, -0.2) is 4.98 Å². The summed E-state index contributed by atoms with van der Waals surface area (Å²) in [5.41, 5.74) is 5.11. The van der Waals surface area contributed by atoms with Crippen LogP contribution >= 0.6 is 0 Å². The first-order valence-electron chi connectivity index (χ1n) is 7.30. The number of rotatable bonds is 2. The maximum atomic E-state index is 12.8. The Labute approximate surface area is 124 Å². The van der Waals surface area contributed by atoms with Crippen molar-refractivity contribution in [1.29, 1.82) is 0 Å². The van der Waals surface area contributed by atoms with E-state index in [0.29, 0.717) is 0 Å². The van der Waals surface area contributed by atoms with Gasteiger partial charge in [0.05, 0.1) is 0 Å². The van der Waals surface area contributed by atoms with Gasteiger partial charge in [0.2, 0.25) is 0 Å². The lowest BCUT2D eigenvalue weighted by atomic mass is 9.97. The summed E-state index contributed by atoms with van der Waals surface area (Å²) in [4.78, 5) is 16.1. The summed E-state index contributed by atoms with van der Waals surface area (Å²) in [6.45, 7) is 6.09. The molecule has 1 aromatic heterocycles. The topological polar surface area (TPSA) is 32.9 Å². The Morgan fingerprint density at radius 3 is 2.33 bits per heavy atom. The molecule has 0 saturated heterocycles. The molecule has 0 aliphatic heterocycles. The molecule has 0 bridgehead atoms. The van der Waals surface area contributed by atoms with Crippen molar-refractivity contribution in [2.75, 3.05) is 0 Å². The molecule has 0 radical (unpaired) electrons. The molecule has 3 aromatic rings. The third-order valence-electron chi connectivity index (χ3n) is 3.92. The average molecular weight is 277 g/mol. The van der Waals surface area contributed by atoms with E-state index >= 15 is 0 Å². The van der Waals surface area contributed by atoms with E-state index in [1.54, 1.807) is 0 Å². The van der Waals surface area contributed by atoms with E-state index in [0.717, 1.165) is 33.3 Å². The molecule has 0 fully saturated rings. The predicted molar refractivity (Wildman–Crippen MR) is 88.8 cm³/mol. The summed E-state index contributed by atoms with van der Waals surface area (Å²) in [7, 11) is 0. The molecule has 21 heavy (non-hydrogen) atoms. The minimum atomic E-state index is 0.147. The van der Waals surface area contributed by atoms with Crippen molar-refractivity contribution in [2.45, 2.75) is 26.7 Å². The molecule has 0 unspecified atom stereocenters. The van der Waals surface area contributed by atoms with Gasteiger partial charge in [-0.3, -0.25) is 4.79 Å². The molecule has 2 aromatic carbocycles. The van der Waals surface area contributed by atoms with Gasteiger partial charge in [0, 0.05) is 22.2 Å². The lowest BCUT2D eigenvalue weighted by molar-refractivity contribution is 0.839. The summed E-state index contributed by atoms with van der Waals surface area (Å²) in [5.74, 6) is 0.221. The van der Waals surface area contributed by atoms with Crippen LogP contribution in [0.4, 0.5) is 0 Å². The highest BCUT2D eigenvalue weighted by Crippen LogP contribution is 2.24. The molecular weight excluding hydrogens is 258 g/mol. The summed E-state index contributed by atoms with van der Waals surface area (Å²) >= 11 is 0. The van der Waals surface area contributed by atoms with Crippen LogP contribution in [0.3, 0.4) is 0 Å². The van der Waals surface area contributed by atoms with Gasteiger partial charge >= 0.3 is 0 Å². The maximum Gasteiger partial charge on any atom is 0.193 e. The van der Waals surface area contributed by atoms with Gasteiger partial charge in [0.1, 0.15) is 0 Å². The first kappa shape index (κ1) is 13.6. The zero-order valence-electron chi connectivity index (χ0n) is 12.6. The Kier molecular flexibility index (Phi) is 3.38. The molecule has 0 spiro atoms. The standard InChI is InChI=1S/C19H19NO/c1-12(2)18-13(3)20-17-10-9-15(11-16(17)19(18)21)14-7-5-4-6-8-14/h4-12H,1-3H3,(H,20,21). The first-order valence-corrected chi connectivity index (χ1v) is 7.30. The highest BCUT2D eigenvalue weighted by Gasteiger charge is 2.12. The van der Waals surface area contributed by atoms with Crippen molar-refractivity contribution < 1.29 is 0 Å². The SMILES string of the molecule is Cc1[nH]c2ccc(-c3ccccc3)cc2c(=O)c1C(C)C. The third-order valence-corrected chi connectivity index (χ3v) is 3.92. The normalized spacial score (nSPS) is 11.2. The van der Waals surface area contributed by atoms with Crippen molar-refractivity contribution in [2.24, 2.45) is 0 Å². The van der Waals surface area contributed by atoms with E-state index in [-0.39, 0.29) is 11.3 Å². The molecule has 0 atom stereocenters. The molecule has 0 aliphatic rings. The van der Waals surface area contributed by atoms with Crippen LogP contribution in [0.5, 0.6) is 0 Å². The van der Waals surface area contributed by atoms with Gasteiger partial charge in [-0.15, -0.1) is 0 Å². The van der Waals surface area contributed by atoms with E-state index in [9.17, 15) is 4.79 Å². The fourth-order valence-electron chi connectivity index (χ4n) is 2.93. The van der Waals surface area contributed by atoms with Gasteiger partial charge in [-0.1, -0.05) is 50.2 Å².